The summed E-state index contributed by atoms with van der Waals surface area (Å²) >= 11 is 0. The van der Waals surface area contributed by atoms with Crippen LogP contribution in [0.3, 0.4) is 0 Å². The highest BCUT2D eigenvalue weighted by Crippen LogP contribution is 2.65. The minimum absolute atomic E-state index is 0.316. The van der Waals surface area contributed by atoms with E-state index in [0.717, 1.165) is 17.8 Å². The fourth-order valence-corrected chi connectivity index (χ4v) is 8.28. The zero-order chi connectivity index (χ0) is 21.7. The molecule has 0 aromatic rings. The largest absolute Gasteiger partial charge is 0.481 e. The number of alkyl halides is 1. The number of nitrogens with zero attached hydrogens (tertiary/aromatic N) is 1. The molecule has 3 fully saturated rings. The summed E-state index contributed by atoms with van der Waals surface area (Å²) in [5.74, 6) is 0.499. The average molecular weight is 420 g/mol. The predicted molar refractivity (Wildman–Crippen MR) is 119 cm³/mol. The Kier molecular flexibility index (Phi) is 6.11. The molecule has 4 rings (SSSR count). The van der Waals surface area contributed by atoms with Gasteiger partial charge in [-0.05, 0) is 100 Å². The summed E-state index contributed by atoms with van der Waals surface area (Å²) in [7, 11) is 2.14. The first-order chi connectivity index (χ1) is 14.2. The number of carboxylic acid groups (broad SMARTS) is 1. The molecule has 8 unspecified atom stereocenters. The summed E-state index contributed by atoms with van der Waals surface area (Å²) < 4.78 is 14.3. The summed E-state index contributed by atoms with van der Waals surface area (Å²) in [6.07, 6.45) is 13.6. The van der Waals surface area contributed by atoms with Crippen LogP contribution in [0.4, 0.5) is 4.39 Å². The van der Waals surface area contributed by atoms with Gasteiger partial charge in [-0.2, -0.15) is 0 Å². The van der Waals surface area contributed by atoms with Crippen LogP contribution in [0.2, 0.25) is 0 Å². The topological polar surface area (TPSA) is 40.5 Å². The number of hydrogen-bond acceptors (Lipinski definition) is 2. The Morgan fingerprint density at radius 2 is 2.00 bits per heavy atom. The minimum Gasteiger partial charge on any atom is -0.481 e. The first-order valence-corrected chi connectivity index (χ1v) is 12.4. The molecule has 4 aliphatic rings. The smallest absolute Gasteiger partial charge is 0.309 e. The number of halogens is 1. The zero-order valence-corrected chi connectivity index (χ0v) is 19.5. The van der Waals surface area contributed by atoms with Gasteiger partial charge in [0.15, 0.2) is 0 Å². The SMILES string of the molecule is CC(C(=O)O)C(F)CCN(C)C1CCC2C3CC=C4CCCCC4(C)C3CCC21C. The second-order valence-electron chi connectivity index (χ2n) is 11.5. The van der Waals surface area contributed by atoms with Crippen LogP contribution in [0.15, 0.2) is 11.6 Å². The van der Waals surface area contributed by atoms with E-state index in [9.17, 15) is 9.18 Å². The van der Waals surface area contributed by atoms with E-state index in [0.29, 0.717) is 29.8 Å². The standard InChI is InChI=1S/C26H42FNO2/c1-17(24(29)30)22(27)13-16-28(4)23-11-10-20-19-9-8-18-7-5-6-14-25(18,2)21(19)12-15-26(20,23)3/h8,17,19-23H,5-7,9-16H2,1-4H3,(H,29,30). The normalized spacial score (nSPS) is 42.7. The Hall–Kier alpha value is -0.900. The Balaban J connectivity index is 1.45. The molecular weight excluding hydrogens is 377 g/mol. The van der Waals surface area contributed by atoms with E-state index in [-0.39, 0.29) is 0 Å². The van der Waals surface area contributed by atoms with Crippen molar-refractivity contribution in [3.63, 3.8) is 0 Å². The van der Waals surface area contributed by atoms with Crippen molar-refractivity contribution < 1.29 is 14.3 Å². The molecule has 4 heteroatoms. The van der Waals surface area contributed by atoms with Crippen molar-refractivity contribution in [2.24, 2.45) is 34.5 Å². The molecule has 8 atom stereocenters. The molecule has 3 nitrogen and oxygen atoms in total. The Bertz CT molecular complexity index is 693. The predicted octanol–water partition coefficient (Wildman–Crippen LogP) is 6.09. The van der Waals surface area contributed by atoms with Gasteiger partial charge in [-0.3, -0.25) is 4.79 Å². The molecule has 0 aromatic carbocycles. The maximum Gasteiger partial charge on any atom is 0.309 e. The molecule has 0 saturated heterocycles. The van der Waals surface area contributed by atoms with E-state index in [1.54, 1.807) is 5.57 Å². The number of carbonyl (C=O) groups is 1. The first kappa shape index (κ1) is 22.3. The van der Waals surface area contributed by atoms with Crippen molar-refractivity contribution in [3.8, 4) is 0 Å². The van der Waals surface area contributed by atoms with E-state index in [1.807, 2.05) is 0 Å². The highest BCUT2D eigenvalue weighted by molar-refractivity contribution is 5.70. The Morgan fingerprint density at radius 1 is 1.23 bits per heavy atom. The maximum absolute atomic E-state index is 14.3. The molecule has 3 saturated carbocycles. The van der Waals surface area contributed by atoms with Gasteiger partial charge in [0.05, 0.1) is 5.92 Å². The number of aliphatic carboxylic acids is 1. The van der Waals surface area contributed by atoms with Crippen LogP contribution >= 0.6 is 0 Å². The van der Waals surface area contributed by atoms with E-state index in [4.69, 9.17) is 5.11 Å². The van der Waals surface area contributed by atoms with Crippen LogP contribution in [-0.2, 0) is 4.79 Å². The van der Waals surface area contributed by atoms with Crippen LogP contribution in [0.1, 0.15) is 85.0 Å². The quantitative estimate of drug-likeness (QED) is 0.530. The van der Waals surface area contributed by atoms with Crippen molar-refractivity contribution in [1.29, 1.82) is 0 Å². The number of carboxylic acids is 1. The van der Waals surface area contributed by atoms with E-state index >= 15 is 0 Å². The number of fused-ring (bicyclic) bond motifs is 5. The summed E-state index contributed by atoms with van der Waals surface area (Å²) in [5.41, 5.74) is 2.53. The van der Waals surface area contributed by atoms with Crippen LogP contribution in [0.25, 0.3) is 0 Å². The lowest BCUT2D eigenvalue weighted by atomic mass is 9.48. The summed E-state index contributed by atoms with van der Waals surface area (Å²) in [6.45, 7) is 7.22. The third kappa shape index (κ3) is 3.55. The van der Waals surface area contributed by atoms with Gasteiger partial charge in [-0.25, -0.2) is 4.39 Å². The molecule has 0 spiro atoms. The molecular formula is C26H42FNO2. The molecule has 0 radical (unpaired) electrons. The second-order valence-corrected chi connectivity index (χ2v) is 11.5. The third-order valence-corrected chi connectivity index (χ3v) is 10.2. The van der Waals surface area contributed by atoms with Gasteiger partial charge < -0.3 is 10.0 Å². The minimum atomic E-state index is -1.26. The molecule has 170 valence electrons. The van der Waals surface area contributed by atoms with E-state index in [2.05, 4.69) is 31.9 Å². The number of allylic oxidation sites excluding steroid dienone is 2. The van der Waals surface area contributed by atoms with Crippen molar-refractivity contribution in [3.05, 3.63) is 11.6 Å². The highest BCUT2D eigenvalue weighted by atomic mass is 19.1. The summed E-state index contributed by atoms with van der Waals surface area (Å²) in [4.78, 5) is 13.5. The lowest BCUT2D eigenvalue weighted by molar-refractivity contribution is -0.143. The molecule has 0 aliphatic heterocycles. The van der Waals surface area contributed by atoms with Crippen molar-refractivity contribution in [2.75, 3.05) is 13.6 Å². The fraction of sp³-hybridized carbons (Fsp3) is 0.885. The highest BCUT2D eigenvalue weighted by Gasteiger charge is 2.58. The van der Waals surface area contributed by atoms with Crippen molar-refractivity contribution in [1.82, 2.24) is 4.90 Å². The number of hydrogen-bond donors (Lipinski definition) is 1. The molecule has 1 N–H and O–H groups in total. The summed E-state index contributed by atoms with van der Waals surface area (Å²) in [5, 5.41) is 9.08. The first-order valence-electron chi connectivity index (χ1n) is 12.4. The van der Waals surface area contributed by atoms with Crippen LogP contribution in [-0.4, -0.2) is 41.8 Å². The van der Waals surface area contributed by atoms with E-state index in [1.165, 1.54) is 64.7 Å². The van der Waals surface area contributed by atoms with Crippen molar-refractivity contribution >= 4 is 5.97 Å². The van der Waals surface area contributed by atoms with Crippen molar-refractivity contribution in [2.45, 2.75) is 97.2 Å². The van der Waals surface area contributed by atoms with Gasteiger partial charge in [0.1, 0.15) is 6.17 Å². The molecule has 4 aliphatic carbocycles. The third-order valence-electron chi connectivity index (χ3n) is 10.2. The zero-order valence-electron chi connectivity index (χ0n) is 19.5. The second kappa shape index (κ2) is 8.22. The van der Waals surface area contributed by atoms with Gasteiger partial charge in [0.25, 0.3) is 0 Å². The molecule has 0 aromatic heterocycles. The van der Waals surface area contributed by atoms with Gasteiger partial charge >= 0.3 is 5.97 Å². The monoisotopic (exact) mass is 419 g/mol. The van der Waals surface area contributed by atoms with Crippen LogP contribution in [0, 0.1) is 34.5 Å². The maximum atomic E-state index is 14.3. The molecule has 30 heavy (non-hydrogen) atoms. The Morgan fingerprint density at radius 3 is 2.73 bits per heavy atom. The molecule has 0 bridgehead atoms. The number of rotatable bonds is 6. The molecule has 0 amide bonds. The van der Waals surface area contributed by atoms with Crippen LogP contribution in [0.5, 0.6) is 0 Å². The summed E-state index contributed by atoms with van der Waals surface area (Å²) in [6, 6.07) is 0.500. The lowest BCUT2D eigenvalue weighted by Crippen LogP contribution is -2.53. The lowest BCUT2D eigenvalue weighted by Gasteiger charge is -2.58. The van der Waals surface area contributed by atoms with Gasteiger partial charge in [-0.1, -0.05) is 31.9 Å². The molecule has 0 heterocycles. The van der Waals surface area contributed by atoms with Gasteiger partial charge in [0.2, 0.25) is 0 Å². The van der Waals surface area contributed by atoms with E-state index < -0.39 is 18.1 Å². The average Bonchev–Trinajstić information content (AvgIpc) is 3.07. The van der Waals surface area contributed by atoms with Gasteiger partial charge in [-0.15, -0.1) is 0 Å². The Labute approximate surface area is 182 Å². The van der Waals surface area contributed by atoms with Gasteiger partial charge in [0, 0.05) is 12.6 Å². The fourth-order valence-electron chi connectivity index (χ4n) is 8.28. The van der Waals surface area contributed by atoms with Crippen LogP contribution < -0.4 is 0 Å².